The maximum Gasteiger partial charge on any atom is 0.210 e. The van der Waals surface area contributed by atoms with E-state index in [0.717, 1.165) is 49.5 Å². The number of aromatic nitrogens is 1. The van der Waals surface area contributed by atoms with Gasteiger partial charge in [-0.25, -0.2) is 9.98 Å². The van der Waals surface area contributed by atoms with Gasteiger partial charge in [-0.1, -0.05) is 41.7 Å². The fraction of sp³-hybridized carbons (Fsp3) is 0.172. The second kappa shape index (κ2) is 9.76. The Hall–Kier alpha value is -3.90. The number of ether oxygens (including phenoxy) is 2. The van der Waals surface area contributed by atoms with E-state index in [1.54, 1.807) is 18.4 Å². The number of fused-ring (bicyclic) bond motifs is 1. The molecule has 0 aliphatic carbocycles. The summed E-state index contributed by atoms with van der Waals surface area (Å²) in [6.45, 7) is 6.10. The van der Waals surface area contributed by atoms with Gasteiger partial charge in [0.05, 0.1) is 24.3 Å². The van der Waals surface area contributed by atoms with Gasteiger partial charge in [0.2, 0.25) is 5.13 Å². The van der Waals surface area contributed by atoms with Gasteiger partial charge < -0.3 is 13.9 Å². The van der Waals surface area contributed by atoms with Crippen LogP contribution in [0.2, 0.25) is 0 Å². The lowest BCUT2D eigenvalue weighted by Gasteiger charge is -2.11. The normalized spacial score (nSPS) is 11.9. The molecular weight excluding hydrogens is 456 g/mol. The lowest BCUT2D eigenvalue weighted by atomic mass is 10.1. The molecule has 0 spiro atoms. The van der Waals surface area contributed by atoms with Crippen molar-refractivity contribution in [2.45, 2.75) is 26.9 Å². The molecule has 0 saturated heterocycles. The van der Waals surface area contributed by atoms with Crippen molar-refractivity contribution in [2.24, 2.45) is 4.99 Å². The van der Waals surface area contributed by atoms with E-state index in [-0.39, 0.29) is 6.10 Å². The van der Waals surface area contributed by atoms with Crippen LogP contribution in [0.25, 0.3) is 33.6 Å². The van der Waals surface area contributed by atoms with Gasteiger partial charge in [0.15, 0.2) is 0 Å². The molecule has 5 aromatic rings. The molecule has 0 fully saturated rings. The average molecular weight is 483 g/mol. The fourth-order valence-corrected chi connectivity index (χ4v) is 4.70. The minimum absolute atomic E-state index is 0.0680. The summed E-state index contributed by atoms with van der Waals surface area (Å²) in [5.74, 6) is 2.28. The highest BCUT2D eigenvalue weighted by Gasteiger charge is 2.12. The maximum atomic E-state index is 6.28. The summed E-state index contributed by atoms with van der Waals surface area (Å²) in [6, 6.07) is 25.8. The minimum Gasteiger partial charge on any atom is -0.497 e. The van der Waals surface area contributed by atoms with Crippen molar-refractivity contribution in [2.75, 3.05) is 7.11 Å². The SMILES string of the molecule is COc1ccc(-c2c/c(=N\c3nc(-c4ccccc4)c(C)s3)c3cc(OC(C)C)ccc3o2)cc1. The van der Waals surface area contributed by atoms with Gasteiger partial charge in [-0.3, -0.25) is 0 Å². The average Bonchev–Trinajstić information content (AvgIpc) is 3.24. The highest BCUT2D eigenvalue weighted by molar-refractivity contribution is 7.15. The maximum absolute atomic E-state index is 6.28. The van der Waals surface area contributed by atoms with E-state index in [4.69, 9.17) is 23.9 Å². The van der Waals surface area contributed by atoms with E-state index in [1.165, 1.54) is 0 Å². The summed E-state index contributed by atoms with van der Waals surface area (Å²) in [4.78, 5) is 11.0. The Morgan fingerprint density at radius 2 is 1.63 bits per heavy atom. The molecule has 5 rings (SSSR count). The Kier molecular flexibility index (Phi) is 6.38. The van der Waals surface area contributed by atoms with Crippen LogP contribution in [-0.2, 0) is 0 Å². The van der Waals surface area contributed by atoms with Crippen molar-refractivity contribution >= 4 is 27.4 Å². The largest absolute Gasteiger partial charge is 0.497 e. The predicted molar refractivity (Wildman–Crippen MR) is 141 cm³/mol. The first-order valence-corrected chi connectivity index (χ1v) is 12.3. The minimum atomic E-state index is 0.0680. The standard InChI is InChI=1S/C29H26N2O3S/c1-18(2)33-23-14-15-26-24(16-23)25(17-27(34-26)20-10-12-22(32-4)13-11-20)30-29-31-28(19(3)35-29)21-8-6-5-7-9-21/h5-18H,1-4H3/b30-25+. The molecule has 0 bridgehead atoms. The molecule has 0 aliphatic heterocycles. The first-order valence-electron chi connectivity index (χ1n) is 11.5. The molecule has 0 amide bonds. The van der Waals surface area contributed by atoms with Crippen LogP contribution in [0.4, 0.5) is 5.13 Å². The number of hydrogen-bond donors (Lipinski definition) is 0. The van der Waals surface area contributed by atoms with Crippen LogP contribution in [0.3, 0.4) is 0 Å². The summed E-state index contributed by atoms with van der Waals surface area (Å²) in [5, 5.41) is 2.35. The molecule has 0 saturated carbocycles. The van der Waals surface area contributed by atoms with E-state index in [2.05, 4.69) is 19.1 Å². The third kappa shape index (κ3) is 4.98. The second-order valence-corrected chi connectivity index (χ2v) is 9.61. The molecule has 6 heteroatoms. The molecule has 0 atom stereocenters. The lowest BCUT2D eigenvalue weighted by Crippen LogP contribution is -2.07. The molecule has 0 radical (unpaired) electrons. The van der Waals surface area contributed by atoms with E-state index in [9.17, 15) is 0 Å². The first-order chi connectivity index (χ1) is 17.0. The highest BCUT2D eigenvalue weighted by Crippen LogP contribution is 2.32. The van der Waals surface area contributed by atoms with Crippen LogP contribution in [0.5, 0.6) is 11.5 Å². The Bertz CT molecular complexity index is 1530. The first kappa shape index (κ1) is 22.9. The quantitative estimate of drug-likeness (QED) is 0.251. The second-order valence-electron chi connectivity index (χ2n) is 8.43. The molecule has 0 unspecified atom stereocenters. The number of benzene rings is 3. The molecule has 2 heterocycles. The Morgan fingerprint density at radius 1 is 0.886 bits per heavy atom. The zero-order chi connectivity index (χ0) is 24.4. The zero-order valence-electron chi connectivity index (χ0n) is 20.1. The molecule has 0 aliphatic rings. The van der Waals surface area contributed by atoms with Gasteiger partial charge in [0.25, 0.3) is 0 Å². The van der Waals surface area contributed by atoms with Crippen LogP contribution >= 0.6 is 11.3 Å². The molecule has 0 N–H and O–H groups in total. The van der Waals surface area contributed by atoms with E-state index < -0.39 is 0 Å². The summed E-state index contributed by atoms with van der Waals surface area (Å²) < 4.78 is 17.5. The Balaban J connectivity index is 1.68. The van der Waals surface area contributed by atoms with Crippen LogP contribution in [0.15, 0.2) is 88.3 Å². The van der Waals surface area contributed by atoms with Gasteiger partial charge in [-0.15, -0.1) is 0 Å². The van der Waals surface area contributed by atoms with E-state index in [1.807, 2.05) is 80.6 Å². The Labute approximate surface area is 208 Å². The number of aryl methyl sites for hydroxylation is 1. The molecule has 176 valence electrons. The van der Waals surface area contributed by atoms with E-state index in [0.29, 0.717) is 10.9 Å². The summed E-state index contributed by atoms with van der Waals surface area (Å²) in [6.07, 6.45) is 0.0680. The summed E-state index contributed by atoms with van der Waals surface area (Å²) in [7, 11) is 1.66. The van der Waals surface area contributed by atoms with Crippen molar-refractivity contribution in [3.63, 3.8) is 0 Å². The lowest BCUT2D eigenvalue weighted by molar-refractivity contribution is 0.242. The Morgan fingerprint density at radius 3 is 2.34 bits per heavy atom. The number of rotatable bonds is 6. The van der Waals surface area contributed by atoms with Gasteiger partial charge in [0, 0.05) is 27.5 Å². The van der Waals surface area contributed by atoms with Crippen LogP contribution in [0, 0.1) is 6.92 Å². The van der Waals surface area contributed by atoms with E-state index >= 15 is 0 Å². The molecule has 35 heavy (non-hydrogen) atoms. The molecule has 5 nitrogen and oxygen atoms in total. The monoisotopic (exact) mass is 482 g/mol. The molecule has 3 aromatic carbocycles. The van der Waals surface area contributed by atoms with Gasteiger partial charge in [-0.2, -0.15) is 0 Å². The van der Waals surface area contributed by atoms with Crippen LogP contribution in [-0.4, -0.2) is 18.2 Å². The third-order valence-corrected chi connectivity index (χ3v) is 6.37. The van der Waals surface area contributed by atoms with Crippen LogP contribution < -0.4 is 14.8 Å². The van der Waals surface area contributed by atoms with Crippen molar-refractivity contribution in [1.29, 1.82) is 0 Å². The smallest absolute Gasteiger partial charge is 0.210 e. The summed E-state index contributed by atoms with van der Waals surface area (Å²) >= 11 is 1.58. The fourth-order valence-electron chi connectivity index (χ4n) is 3.88. The predicted octanol–water partition coefficient (Wildman–Crippen LogP) is 7.56. The van der Waals surface area contributed by atoms with Gasteiger partial charge in [-0.05, 0) is 63.2 Å². The van der Waals surface area contributed by atoms with Gasteiger partial charge >= 0.3 is 0 Å². The van der Waals surface area contributed by atoms with Crippen molar-refractivity contribution < 1.29 is 13.9 Å². The molecular formula is C29H26N2O3S. The van der Waals surface area contributed by atoms with Crippen molar-refractivity contribution in [3.8, 4) is 34.1 Å². The highest BCUT2D eigenvalue weighted by atomic mass is 32.1. The van der Waals surface area contributed by atoms with Crippen molar-refractivity contribution in [3.05, 3.63) is 89.1 Å². The number of nitrogens with zero attached hydrogens (tertiary/aromatic N) is 2. The van der Waals surface area contributed by atoms with Gasteiger partial charge in [0.1, 0.15) is 22.8 Å². The number of methoxy groups -OCH3 is 1. The molecule has 2 aromatic heterocycles. The van der Waals surface area contributed by atoms with Crippen molar-refractivity contribution in [1.82, 2.24) is 4.98 Å². The number of hydrogen-bond acceptors (Lipinski definition) is 6. The third-order valence-electron chi connectivity index (χ3n) is 5.51. The topological polar surface area (TPSA) is 56.9 Å². The summed E-state index contributed by atoms with van der Waals surface area (Å²) in [5.41, 5.74) is 3.71. The zero-order valence-corrected chi connectivity index (χ0v) is 20.9. The number of thiazole rings is 1. The van der Waals surface area contributed by atoms with Crippen LogP contribution in [0.1, 0.15) is 18.7 Å².